The standard InChI is InChI=1S/C15H23N3O2/c1-11-10-18(7-4-8-20-11)14-9-12(16)5-6-13(14)15(19)17(2)3/h5-6,9,11H,4,7-8,10,16H2,1-3H3. The first kappa shape index (κ1) is 14.7. The number of benzene rings is 1. The molecule has 0 bridgehead atoms. The van der Waals surface area contributed by atoms with Crippen LogP contribution in [0, 0.1) is 0 Å². The van der Waals surface area contributed by atoms with E-state index in [4.69, 9.17) is 10.5 Å². The second kappa shape index (κ2) is 6.13. The van der Waals surface area contributed by atoms with Gasteiger partial charge in [-0.3, -0.25) is 4.79 Å². The minimum absolute atomic E-state index is 0.00202. The van der Waals surface area contributed by atoms with Crippen molar-refractivity contribution in [1.29, 1.82) is 0 Å². The molecule has 0 saturated carbocycles. The summed E-state index contributed by atoms with van der Waals surface area (Å²) in [6, 6.07) is 5.47. The Morgan fingerprint density at radius 2 is 2.20 bits per heavy atom. The van der Waals surface area contributed by atoms with Gasteiger partial charge in [0.25, 0.3) is 5.91 Å². The Kier molecular flexibility index (Phi) is 4.49. The van der Waals surface area contributed by atoms with E-state index >= 15 is 0 Å². The summed E-state index contributed by atoms with van der Waals surface area (Å²) in [6.45, 7) is 4.47. The van der Waals surface area contributed by atoms with E-state index in [0.29, 0.717) is 11.3 Å². The van der Waals surface area contributed by atoms with Gasteiger partial charge in [-0.1, -0.05) is 0 Å². The lowest BCUT2D eigenvalue weighted by Gasteiger charge is -2.27. The number of nitrogens with two attached hydrogens (primary N) is 1. The van der Waals surface area contributed by atoms with Crippen LogP contribution < -0.4 is 10.6 Å². The molecule has 1 aromatic rings. The Hall–Kier alpha value is -1.75. The van der Waals surface area contributed by atoms with Gasteiger partial charge < -0.3 is 20.3 Å². The second-order valence-electron chi connectivity index (χ2n) is 5.46. The molecule has 0 spiro atoms. The van der Waals surface area contributed by atoms with Crippen LogP contribution in [0.3, 0.4) is 0 Å². The number of nitrogens with zero attached hydrogens (tertiary/aromatic N) is 2. The number of amides is 1. The topological polar surface area (TPSA) is 58.8 Å². The smallest absolute Gasteiger partial charge is 0.255 e. The molecule has 20 heavy (non-hydrogen) atoms. The van der Waals surface area contributed by atoms with Crippen molar-refractivity contribution in [2.45, 2.75) is 19.4 Å². The molecule has 1 aromatic carbocycles. The molecule has 1 aliphatic rings. The highest BCUT2D eigenvalue weighted by atomic mass is 16.5. The lowest BCUT2D eigenvalue weighted by atomic mass is 10.1. The molecule has 110 valence electrons. The summed E-state index contributed by atoms with van der Waals surface area (Å²) in [5, 5.41) is 0. The van der Waals surface area contributed by atoms with Crippen molar-refractivity contribution in [3.8, 4) is 0 Å². The molecule has 0 aromatic heterocycles. The molecule has 5 nitrogen and oxygen atoms in total. The zero-order valence-corrected chi connectivity index (χ0v) is 12.4. The van der Waals surface area contributed by atoms with Crippen LogP contribution >= 0.6 is 0 Å². The Morgan fingerprint density at radius 3 is 2.90 bits per heavy atom. The number of ether oxygens (including phenoxy) is 1. The molecular formula is C15H23N3O2. The highest BCUT2D eigenvalue weighted by Crippen LogP contribution is 2.26. The number of hydrogen-bond donors (Lipinski definition) is 1. The SMILES string of the molecule is CC1CN(c2cc(N)ccc2C(=O)N(C)C)CCCO1. The largest absolute Gasteiger partial charge is 0.399 e. The molecule has 1 aliphatic heterocycles. The highest BCUT2D eigenvalue weighted by molar-refractivity contribution is 6.00. The number of carbonyl (C=O) groups excluding carboxylic acids is 1. The van der Waals surface area contributed by atoms with Crippen LogP contribution in [0.2, 0.25) is 0 Å². The van der Waals surface area contributed by atoms with Gasteiger partial charge in [0, 0.05) is 39.5 Å². The number of anilines is 2. The fraction of sp³-hybridized carbons (Fsp3) is 0.533. The monoisotopic (exact) mass is 277 g/mol. The zero-order chi connectivity index (χ0) is 14.7. The Bertz CT molecular complexity index is 488. The number of carbonyl (C=O) groups is 1. The van der Waals surface area contributed by atoms with Crippen LogP contribution in [-0.2, 0) is 4.74 Å². The van der Waals surface area contributed by atoms with Crippen molar-refractivity contribution in [1.82, 2.24) is 4.90 Å². The fourth-order valence-electron chi connectivity index (χ4n) is 2.45. The predicted octanol–water partition coefficient (Wildman–Crippen LogP) is 1.59. The Balaban J connectivity index is 2.37. The van der Waals surface area contributed by atoms with Crippen LogP contribution in [0.25, 0.3) is 0 Å². The van der Waals surface area contributed by atoms with Crippen LogP contribution in [0.5, 0.6) is 0 Å². The van der Waals surface area contributed by atoms with E-state index in [1.165, 1.54) is 0 Å². The summed E-state index contributed by atoms with van der Waals surface area (Å²) in [6.07, 6.45) is 1.11. The average Bonchev–Trinajstić information content (AvgIpc) is 2.62. The third-order valence-corrected chi connectivity index (χ3v) is 3.45. The molecular weight excluding hydrogens is 254 g/mol. The molecule has 1 saturated heterocycles. The van der Waals surface area contributed by atoms with E-state index in [1.54, 1.807) is 25.1 Å². The summed E-state index contributed by atoms with van der Waals surface area (Å²) in [4.78, 5) is 16.1. The number of rotatable bonds is 2. The van der Waals surface area contributed by atoms with Crippen molar-refractivity contribution in [3.63, 3.8) is 0 Å². The molecule has 5 heteroatoms. The van der Waals surface area contributed by atoms with E-state index in [0.717, 1.165) is 31.8 Å². The maximum absolute atomic E-state index is 12.3. The van der Waals surface area contributed by atoms with Gasteiger partial charge in [0.05, 0.1) is 17.4 Å². The molecule has 1 fully saturated rings. The predicted molar refractivity (Wildman–Crippen MR) is 81.1 cm³/mol. The minimum Gasteiger partial charge on any atom is -0.399 e. The quantitative estimate of drug-likeness (QED) is 0.834. The van der Waals surface area contributed by atoms with Gasteiger partial charge in [0.2, 0.25) is 0 Å². The molecule has 2 N–H and O–H groups in total. The fourth-order valence-corrected chi connectivity index (χ4v) is 2.45. The molecule has 0 radical (unpaired) electrons. The number of nitrogen functional groups attached to an aromatic ring is 1. The zero-order valence-electron chi connectivity index (χ0n) is 12.4. The normalized spacial score (nSPS) is 19.6. The van der Waals surface area contributed by atoms with E-state index in [9.17, 15) is 4.79 Å². The van der Waals surface area contributed by atoms with Gasteiger partial charge in [-0.15, -0.1) is 0 Å². The van der Waals surface area contributed by atoms with Crippen molar-refractivity contribution in [2.75, 3.05) is 44.4 Å². The van der Waals surface area contributed by atoms with Crippen LogP contribution in [0.1, 0.15) is 23.7 Å². The van der Waals surface area contributed by atoms with Gasteiger partial charge in [-0.05, 0) is 31.5 Å². The number of hydrogen-bond acceptors (Lipinski definition) is 4. The van der Waals surface area contributed by atoms with E-state index in [2.05, 4.69) is 11.8 Å². The minimum atomic E-state index is -0.00202. The van der Waals surface area contributed by atoms with Crippen LogP contribution in [0.4, 0.5) is 11.4 Å². The lowest BCUT2D eigenvalue weighted by Crippen LogP contribution is -2.33. The van der Waals surface area contributed by atoms with E-state index < -0.39 is 0 Å². The van der Waals surface area contributed by atoms with Crippen molar-refractivity contribution in [2.24, 2.45) is 0 Å². The average molecular weight is 277 g/mol. The molecule has 1 amide bonds. The summed E-state index contributed by atoms with van der Waals surface area (Å²) in [7, 11) is 3.52. The van der Waals surface area contributed by atoms with Crippen molar-refractivity contribution < 1.29 is 9.53 Å². The summed E-state index contributed by atoms with van der Waals surface area (Å²) in [5.41, 5.74) is 8.17. The van der Waals surface area contributed by atoms with Crippen LogP contribution in [-0.4, -0.2) is 50.7 Å². The highest BCUT2D eigenvalue weighted by Gasteiger charge is 2.21. The maximum atomic E-state index is 12.3. The maximum Gasteiger partial charge on any atom is 0.255 e. The Morgan fingerprint density at radius 1 is 1.45 bits per heavy atom. The lowest BCUT2D eigenvalue weighted by molar-refractivity contribution is 0.0812. The van der Waals surface area contributed by atoms with Crippen molar-refractivity contribution >= 4 is 17.3 Å². The van der Waals surface area contributed by atoms with Crippen molar-refractivity contribution in [3.05, 3.63) is 23.8 Å². The summed E-state index contributed by atoms with van der Waals surface area (Å²) >= 11 is 0. The van der Waals surface area contributed by atoms with Gasteiger partial charge in [-0.2, -0.15) is 0 Å². The summed E-state index contributed by atoms with van der Waals surface area (Å²) in [5.74, 6) is -0.00202. The molecule has 0 aliphatic carbocycles. The van der Waals surface area contributed by atoms with Crippen LogP contribution in [0.15, 0.2) is 18.2 Å². The molecule has 2 rings (SSSR count). The third-order valence-electron chi connectivity index (χ3n) is 3.45. The van der Waals surface area contributed by atoms with E-state index in [1.807, 2.05) is 12.1 Å². The third kappa shape index (κ3) is 3.22. The first-order chi connectivity index (χ1) is 9.49. The first-order valence-corrected chi connectivity index (χ1v) is 6.96. The van der Waals surface area contributed by atoms with Gasteiger partial charge in [-0.25, -0.2) is 0 Å². The second-order valence-corrected chi connectivity index (χ2v) is 5.46. The van der Waals surface area contributed by atoms with E-state index in [-0.39, 0.29) is 12.0 Å². The first-order valence-electron chi connectivity index (χ1n) is 6.96. The summed E-state index contributed by atoms with van der Waals surface area (Å²) < 4.78 is 5.66. The molecule has 1 atom stereocenters. The van der Waals surface area contributed by atoms with Gasteiger partial charge in [0.15, 0.2) is 0 Å². The Labute approximate surface area is 120 Å². The molecule has 1 unspecified atom stereocenters. The van der Waals surface area contributed by atoms with Gasteiger partial charge in [0.1, 0.15) is 0 Å². The van der Waals surface area contributed by atoms with Gasteiger partial charge >= 0.3 is 0 Å². The molecule has 1 heterocycles.